The number of benzene rings is 2. The van der Waals surface area contributed by atoms with Crippen LogP contribution in [0.4, 0.5) is 11.4 Å². The summed E-state index contributed by atoms with van der Waals surface area (Å²) in [5.41, 5.74) is 2.58. The van der Waals surface area contributed by atoms with Crippen molar-refractivity contribution in [1.82, 2.24) is 9.78 Å². The van der Waals surface area contributed by atoms with Crippen LogP contribution in [0.1, 0.15) is 5.56 Å². The standard InChI is InChI=1S/C21H20Cl2N4O/c22-17-8-6-16(7-9-17)15-27-21(28)20(23)19(14-24-27)26-12-10-25(11-13-26)18-4-2-1-3-5-18/h1-9,14H,10-13,15H2. The molecule has 2 heterocycles. The molecule has 4 rings (SSSR count). The molecule has 2 aromatic carbocycles. The number of piperazine rings is 1. The van der Waals surface area contributed by atoms with Gasteiger partial charge in [0, 0.05) is 36.9 Å². The van der Waals surface area contributed by atoms with E-state index in [1.807, 2.05) is 30.3 Å². The molecule has 0 atom stereocenters. The molecule has 0 aliphatic carbocycles. The maximum atomic E-state index is 12.7. The van der Waals surface area contributed by atoms with Crippen molar-refractivity contribution in [3.05, 3.63) is 86.8 Å². The van der Waals surface area contributed by atoms with Crippen molar-refractivity contribution in [1.29, 1.82) is 0 Å². The van der Waals surface area contributed by atoms with Gasteiger partial charge in [0.1, 0.15) is 5.02 Å². The minimum atomic E-state index is -0.278. The zero-order chi connectivity index (χ0) is 19.5. The molecule has 0 N–H and O–H groups in total. The summed E-state index contributed by atoms with van der Waals surface area (Å²) in [6.45, 7) is 3.67. The van der Waals surface area contributed by atoms with Gasteiger partial charge in [0.05, 0.1) is 18.4 Å². The highest BCUT2D eigenvalue weighted by Crippen LogP contribution is 2.24. The predicted molar refractivity (Wildman–Crippen MR) is 115 cm³/mol. The van der Waals surface area contributed by atoms with Crippen molar-refractivity contribution in [3.63, 3.8) is 0 Å². The van der Waals surface area contributed by atoms with Gasteiger partial charge in [0.25, 0.3) is 5.56 Å². The lowest BCUT2D eigenvalue weighted by Crippen LogP contribution is -2.47. The van der Waals surface area contributed by atoms with Crippen molar-refractivity contribution in [2.75, 3.05) is 36.0 Å². The Labute approximate surface area is 173 Å². The van der Waals surface area contributed by atoms with Crippen LogP contribution >= 0.6 is 23.2 Å². The average Bonchev–Trinajstić information content (AvgIpc) is 2.74. The molecule has 1 aromatic heterocycles. The highest BCUT2D eigenvalue weighted by Gasteiger charge is 2.21. The van der Waals surface area contributed by atoms with Gasteiger partial charge >= 0.3 is 0 Å². The SMILES string of the molecule is O=c1c(Cl)c(N2CCN(c3ccccc3)CC2)cnn1Cc1ccc(Cl)cc1. The van der Waals surface area contributed by atoms with Crippen LogP contribution in [0.3, 0.4) is 0 Å². The Kier molecular flexibility index (Phi) is 5.55. The molecule has 28 heavy (non-hydrogen) atoms. The Hall–Kier alpha value is -2.50. The summed E-state index contributed by atoms with van der Waals surface area (Å²) in [4.78, 5) is 17.2. The Morgan fingerprint density at radius 1 is 0.857 bits per heavy atom. The smallest absolute Gasteiger partial charge is 0.287 e. The summed E-state index contributed by atoms with van der Waals surface area (Å²) >= 11 is 12.3. The van der Waals surface area contributed by atoms with Gasteiger partial charge in [0.15, 0.2) is 0 Å². The monoisotopic (exact) mass is 414 g/mol. The predicted octanol–water partition coefficient (Wildman–Crippen LogP) is 3.93. The zero-order valence-corrected chi connectivity index (χ0v) is 16.8. The molecule has 0 unspecified atom stereocenters. The summed E-state index contributed by atoms with van der Waals surface area (Å²) < 4.78 is 1.38. The molecule has 5 nitrogen and oxygen atoms in total. The molecule has 0 bridgehead atoms. The molecule has 1 fully saturated rings. The zero-order valence-electron chi connectivity index (χ0n) is 15.3. The molecule has 7 heteroatoms. The van der Waals surface area contributed by atoms with Crippen LogP contribution in [-0.2, 0) is 6.54 Å². The molecule has 1 saturated heterocycles. The van der Waals surface area contributed by atoms with Crippen LogP contribution in [-0.4, -0.2) is 36.0 Å². The Morgan fingerprint density at radius 2 is 1.50 bits per heavy atom. The van der Waals surface area contributed by atoms with Gasteiger partial charge < -0.3 is 9.80 Å². The number of nitrogens with zero attached hydrogens (tertiary/aromatic N) is 4. The Balaban J connectivity index is 1.48. The number of para-hydroxylation sites is 1. The van der Waals surface area contributed by atoms with Crippen LogP contribution in [0, 0.1) is 0 Å². The lowest BCUT2D eigenvalue weighted by Gasteiger charge is -2.37. The van der Waals surface area contributed by atoms with E-state index in [0.29, 0.717) is 17.3 Å². The molecular weight excluding hydrogens is 395 g/mol. The third-order valence-electron chi connectivity index (χ3n) is 4.95. The van der Waals surface area contributed by atoms with E-state index in [2.05, 4.69) is 27.0 Å². The fourth-order valence-electron chi connectivity index (χ4n) is 3.40. The van der Waals surface area contributed by atoms with Gasteiger partial charge in [-0.3, -0.25) is 4.79 Å². The topological polar surface area (TPSA) is 41.4 Å². The Morgan fingerprint density at radius 3 is 2.18 bits per heavy atom. The van der Waals surface area contributed by atoms with Crippen molar-refractivity contribution in [2.24, 2.45) is 0 Å². The maximum Gasteiger partial charge on any atom is 0.287 e. The number of anilines is 2. The molecule has 0 saturated carbocycles. The van der Waals surface area contributed by atoms with Crippen molar-refractivity contribution >= 4 is 34.6 Å². The van der Waals surface area contributed by atoms with Crippen LogP contribution in [0.5, 0.6) is 0 Å². The van der Waals surface area contributed by atoms with Crippen molar-refractivity contribution < 1.29 is 0 Å². The molecule has 0 spiro atoms. The van der Waals surface area contributed by atoms with Gasteiger partial charge in [-0.2, -0.15) is 5.10 Å². The molecule has 1 aliphatic rings. The van der Waals surface area contributed by atoms with Crippen molar-refractivity contribution in [3.8, 4) is 0 Å². The third kappa shape index (κ3) is 4.01. The summed E-state index contributed by atoms with van der Waals surface area (Å²) in [5.74, 6) is 0. The quantitative estimate of drug-likeness (QED) is 0.648. The first-order valence-corrected chi connectivity index (χ1v) is 9.92. The second-order valence-electron chi connectivity index (χ2n) is 6.74. The molecule has 3 aromatic rings. The van der Waals surface area contributed by atoms with E-state index in [9.17, 15) is 4.79 Å². The summed E-state index contributed by atoms with van der Waals surface area (Å²) in [7, 11) is 0. The Bertz CT molecular complexity index is 997. The van der Waals surface area contributed by atoms with Gasteiger partial charge in [-0.25, -0.2) is 4.68 Å². The van der Waals surface area contributed by atoms with E-state index in [0.717, 1.165) is 31.7 Å². The van der Waals surface area contributed by atoms with Gasteiger partial charge in [0.2, 0.25) is 0 Å². The van der Waals surface area contributed by atoms with Gasteiger partial charge in [-0.1, -0.05) is 53.5 Å². The van der Waals surface area contributed by atoms with E-state index >= 15 is 0 Å². The van der Waals surface area contributed by atoms with Crippen LogP contribution in [0.2, 0.25) is 10.0 Å². The second-order valence-corrected chi connectivity index (χ2v) is 7.56. The van der Waals surface area contributed by atoms with E-state index in [4.69, 9.17) is 23.2 Å². The molecule has 0 amide bonds. The number of rotatable bonds is 4. The second kappa shape index (κ2) is 8.25. The van der Waals surface area contributed by atoms with E-state index in [-0.39, 0.29) is 10.6 Å². The highest BCUT2D eigenvalue weighted by molar-refractivity contribution is 6.33. The minimum absolute atomic E-state index is 0.220. The van der Waals surface area contributed by atoms with E-state index < -0.39 is 0 Å². The fraction of sp³-hybridized carbons (Fsp3) is 0.238. The first-order valence-electron chi connectivity index (χ1n) is 9.17. The minimum Gasteiger partial charge on any atom is -0.368 e. The third-order valence-corrected chi connectivity index (χ3v) is 5.56. The lowest BCUT2D eigenvalue weighted by atomic mass is 10.2. The van der Waals surface area contributed by atoms with Gasteiger partial charge in [-0.05, 0) is 29.8 Å². The summed E-state index contributed by atoms with van der Waals surface area (Å²) in [5, 5.41) is 5.22. The lowest BCUT2D eigenvalue weighted by molar-refractivity contribution is 0.622. The molecular formula is C21H20Cl2N4O. The van der Waals surface area contributed by atoms with Crippen LogP contribution < -0.4 is 15.4 Å². The number of hydrogen-bond acceptors (Lipinski definition) is 4. The first-order chi connectivity index (χ1) is 13.6. The van der Waals surface area contributed by atoms with Gasteiger partial charge in [-0.15, -0.1) is 0 Å². The maximum absolute atomic E-state index is 12.7. The van der Waals surface area contributed by atoms with E-state index in [1.54, 1.807) is 18.3 Å². The summed E-state index contributed by atoms with van der Waals surface area (Å²) in [6, 6.07) is 17.7. The highest BCUT2D eigenvalue weighted by atomic mass is 35.5. The molecule has 0 radical (unpaired) electrons. The molecule has 1 aliphatic heterocycles. The normalized spacial score (nSPS) is 14.4. The van der Waals surface area contributed by atoms with E-state index in [1.165, 1.54) is 10.4 Å². The first kappa shape index (κ1) is 18.8. The largest absolute Gasteiger partial charge is 0.368 e. The number of halogens is 2. The number of aromatic nitrogens is 2. The fourth-order valence-corrected chi connectivity index (χ4v) is 3.79. The van der Waals surface area contributed by atoms with Crippen LogP contribution in [0.25, 0.3) is 0 Å². The number of hydrogen-bond donors (Lipinski definition) is 0. The van der Waals surface area contributed by atoms with Crippen LogP contribution in [0.15, 0.2) is 65.6 Å². The molecule has 144 valence electrons. The van der Waals surface area contributed by atoms with Crippen molar-refractivity contribution in [2.45, 2.75) is 6.54 Å². The average molecular weight is 415 g/mol. The summed E-state index contributed by atoms with van der Waals surface area (Å²) in [6.07, 6.45) is 1.69.